The number of hydrogen-bond donors (Lipinski definition) is 0. The molecule has 0 aliphatic rings. The first-order valence-electron chi connectivity index (χ1n) is 6.85. The number of hydrogen-bond acceptors (Lipinski definition) is 4. The molecule has 1 heterocycles. The van der Waals surface area contributed by atoms with Crippen LogP contribution >= 0.6 is 0 Å². The molecule has 1 aromatic heterocycles. The summed E-state index contributed by atoms with van der Waals surface area (Å²) in [5.41, 5.74) is 1.76. The van der Waals surface area contributed by atoms with E-state index >= 15 is 0 Å². The predicted octanol–water partition coefficient (Wildman–Crippen LogP) is 3.48. The third-order valence-electron chi connectivity index (χ3n) is 3.51. The largest absolute Gasteiger partial charge is 0.496 e. The van der Waals surface area contributed by atoms with Gasteiger partial charge in [0.2, 0.25) is 5.78 Å². The van der Waals surface area contributed by atoms with Crippen molar-refractivity contribution in [3.8, 4) is 11.5 Å². The summed E-state index contributed by atoms with van der Waals surface area (Å²) in [5.74, 6) is 0.794. The van der Waals surface area contributed by atoms with Gasteiger partial charge in [0.15, 0.2) is 0 Å². The maximum absolute atomic E-state index is 12.8. The second kappa shape index (κ2) is 5.85. The molecule has 3 aromatic rings. The minimum Gasteiger partial charge on any atom is -0.496 e. The first-order chi connectivity index (χ1) is 10.7. The van der Waals surface area contributed by atoms with Crippen LogP contribution in [0, 0.1) is 0 Å². The molecule has 0 spiro atoms. The number of fused-ring (bicyclic) bond motifs is 1. The van der Waals surface area contributed by atoms with Gasteiger partial charge in [0.05, 0.1) is 19.7 Å². The van der Waals surface area contributed by atoms with Gasteiger partial charge >= 0.3 is 0 Å². The lowest BCUT2D eigenvalue weighted by molar-refractivity contribution is 0.103. The normalized spacial score (nSPS) is 10.5. The Morgan fingerprint density at radius 2 is 1.64 bits per heavy atom. The van der Waals surface area contributed by atoms with Crippen molar-refractivity contribution in [2.24, 2.45) is 0 Å². The second-order valence-corrected chi connectivity index (χ2v) is 4.78. The van der Waals surface area contributed by atoms with Gasteiger partial charge in [-0.15, -0.1) is 0 Å². The molecule has 4 nitrogen and oxygen atoms in total. The van der Waals surface area contributed by atoms with Crippen molar-refractivity contribution in [2.75, 3.05) is 14.2 Å². The maximum atomic E-state index is 12.8. The fourth-order valence-electron chi connectivity index (χ4n) is 2.41. The van der Waals surface area contributed by atoms with Gasteiger partial charge in [0.1, 0.15) is 17.1 Å². The average molecular weight is 293 g/mol. The standard InChI is InChI=1S/C18H15NO3/c1-21-15-8-5-9-16(22-2)17(15)18(20)13-10-12-6-3-4-7-14(12)19-11-13/h3-11H,1-2H3. The Morgan fingerprint density at radius 1 is 0.955 bits per heavy atom. The van der Waals surface area contributed by atoms with Crippen LogP contribution in [-0.4, -0.2) is 25.0 Å². The van der Waals surface area contributed by atoms with Crippen LogP contribution in [-0.2, 0) is 0 Å². The number of benzene rings is 2. The molecule has 3 rings (SSSR count). The monoisotopic (exact) mass is 293 g/mol. The predicted molar refractivity (Wildman–Crippen MR) is 84.7 cm³/mol. The molecule has 0 saturated carbocycles. The average Bonchev–Trinajstić information content (AvgIpc) is 2.59. The Bertz CT molecular complexity index is 820. The summed E-state index contributed by atoms with van der Waals surface area (Å²) < 4.78 is 10.6. The Morgan fingerprint density at radius 3 is 2.32 bits per heavy atom. The van der Waals surface area contributed by atoms with Crippen LogP contribution in [0.1, 0.15) is 15.9 Å². The zero-order valence-electron chi connectivity index (χ0n) is 12.4. The molecule has 4 heteroatoms. The zero-order valence-corrected chi connectivity index (χ0v) is 12.4. The van der Waals surface area contributed by atoms with E-state index in [4.69, 9.17) is 9.47 Å². The summed E-state index contributed by atoms with van der Waals surface area (Å²) in [4.78, 5) is 17.2. The van der Waals surface area contributed by atoms with Crippen molar-refractivity contribution in [3.63, 3.8) is 0 Å². The lowest BCUT2D eigenvalue weighted by Crippen LogP contribution is -2.07. The molecule has 2 aromatic carbocycles. The number of methoxy groups -OCH3 is 2. The smallest absolute Gasteiger partial charge is 0.202 e. The molecular formula is C18H15NO3. The van der Waals surface area contributed by atoms with Crippen LogP contribution in [0.3, 0.4) is 0 Å². The third-order valence-corrected chi connectivity index (χ3v) is 3.51. The van der Waals surface area contributed by atoms with Gasteiger partial charge < -0.3 is 9.47 Å². The molecule has 0 radical (unpaired) electrons. The van der Waals surface area contributed by atoms with Crippen LogP contribution in [0.15, 0.2) is 54.7 Å². The highest BCUT2D eigenvalue weighted by molar-refractivity contribution is 6.13. The summed E-state index contributed by atoms with van der Waals surface area (Å²) in [6.45, 7) is 0. The second-order valence-electron chi connectivity index (χ2n) is 4.78. The first kappa shape index (κ1) is 14.1. The maximum Gasteiger partial charge on any atom is 0.202 e. The van der Waals surface area contributed by atoms with E-state index in [1.807, 2.05) is 30.3 Å². The molecule has 0 saturated heterocycles. The Labute approximate surface area is 128 Å². The summed E-state index contributed by atoms with van der Waals surface area (Å²) in [6, 6.07) is 14.8. The molecular weight excluding hydrogens is 278 g/mol. The molecule has 110 valence electrons. The summed E-state index contributed by atoms with van der Waals surface area (Å²) >= 11 is 0. The van der Waals surface area contributed by atoms with Crippen LogP contribution in [0.5, 0.6) is 11.5 Å². The summed E-state index contributed by atoms with van der Waals surface area (Å²) in [6.07, 6.45) is 1.58. The van der Waals surface area contributed by atoms with Crippen LogP contribution in [0.4, 0.5) is 0 Å². The number of nitrogens with zero attached hydrogens (tertiary/aromatic N) is 1. The fourth-order valence-corrected chi connectivity index (χ4v) is 2.41. The number of pyridine rings is 1. The Hall–Kier alpha value is -2.88. The number of para-hydroxylation sites is 1. The molecule has 0 atom stereocenters. The molecule has 0 bridgehead atoms. The highest BCUT2D eigenvalue weighted by atomic mass is 16.5. The van der Waals surface area contributed by atoms with Crippen LogP contribution in [0.2, 0.25) is 0 Å². The minimum atomic E-state index is -0.174. The van der Waals surface area contributed by atoms with E-state index in [0.29, 0.717) is 22.6 Å². The highest BCUT2D eigenvalue weighted by Gasteiger charge is 2.20. The van der Waals surface area contributed by atoms with E-state index in [-0.39, 0.29) is 5.78 Å². The Kier molecular flexibility index (Phi) is 3.74. The van der Waals surface area contributed by atoms with Crippen molar-refractivity contribution in [1.82, 2.24) is 4.98 Å². The number of aromatic nitrogens is 1. The van der Waals surface area contributed by atoms with Gasteiger partial charge in [-0.1, -0.05) is 24.3 Å². The van der Waals surface area contributed by atoms with E-state index in [2.05, 4.69) is 4.98 Å². The molecule has 0 N–H and O–H groups in total. The highest BCUT2D eigenvalue weighted by Crippen LogP contribution is 2.30. The van der Waals surface area contributed by atoms with E-state index < -0.39 is 0 Å². The number of rotatable bonds is 4. The summed E-state index contributed by atoms with van der Waals surface area (Å²) in [5, 5.41) is 0.919. The quantitative estimate of drug-likeness (QED) is 0.691. The van der Waals surface area contributed by atoms with Crippen molar-refractivity contribution in [2.45, 2.75) is 0 Å². The van der Waals surface area contributed by atoms with E-state index in [1.54, 1.807) is 24.4 Å². The fraction of sp³-hybridized carbons (Fsp3) is 0.111. The Balaban J connectivity index is 2.13. The van der Waals surface area contributed by atoms with Gasteiger partial charge in [-0.25, -0.2) is 0 Å². The molecule has 0 aliphatic carbocycles. The van der Waals surface area contributed by atoms with Gasteiger partial charge in [0, 0.05) is 17.1 Å². The van der Waals surface area contributed by atoms with Gasteiger partial charge in [0.25, 0.3) is 0 Å². The minimum absolute atomic E-state index is 0.174. The first-order valence-corrected chi connectivity index (χ1v) is 6.85. The molecule has 0 unspecified atom stereocenters. The summed E-state index contributed by atoms with van der Waals surface area (Å²) in [7, 11) is 3.06. The number of ether oxygens (including phenoxy) is 2. The third kappa shape index (κ3) is 2.39. The van der Waals surface area contributed by atoms with Gasteiger partial charge in [-0.2, -0.15) is 0 Å². The number of carbonyl (C=O) groups is 1. The van der Waals surface area contributed by atoms with Crippen molar-refractivity contribution in [3.05, 3.63) is 65.9 Å². The van der Waals surface area contributed by atoms with Crippen LogP contribution < -0.4 is 9.47 Å². The van der Waals surface area contributed by atoms with Crippen molar-refractivity contribution >= 4 is 16.7 Å². The molecule has 0 amide bonds. The van der Waals surface area contributed by atoms with E-state index in [9.17, 15) is 4.79 Å². The number of carbonyl (C=O) groups excluding carboxylic acids is 1. The van der Waals surface area contributed by atoms with Crippen molar-refractivity contribution in [1.29, 1.82) is 0 Å². The molecule has 0 aliphatic heterocycles. The zero-order chi connectivity index (χ0) is 15.5. The topological polar surface area (TPSA) is 48.4 Å². The van der Waals surface area contributed by atoms with E-state index in [1.165, 1.54) is 14.2 Å². The van der Waals surface area contributed by atoms with Crippen molar-refractivity contribution < 1.29 is 14.3 Å². The lowest BCUT2D eigenvalue weighted by Gasteiger charge is -2.12. The molecule has 0 fully saturated rings. The number of ketones is 1. The molecule has 22 heavy (non-hydrogen) atoms. The van der Waals surface area contributed by atoms with Crippen LogP contribution in [0.25, 0.3) is 10.9 Å². The SMILES string of the molecule is COc1cccc(OC)c1C(=O)c1cnc2ccccc2c1. The van der Waals surface area contributed by atoms with E-state index in [0.717, 1.165) is 10.9 Å². The van der Waals surface area contributed by atoms with Gasteiger partial charge in [-0.05, 0) is 24.3 Å². The van der Waals surface area contributed by atoms with Gasteiger partial charge in [-0.3, -0.25) is 9.78 Å². The lowest BCUT2D eigenvalue weighted by atomic mass is 10.0.